The van der Waals surface area contributed by atoms with Gasteiger partial charge in [-0.25, -0.2) is 0 Å². The highest BCUT2D eigenvalue weighted by Gasteiger charge is 2.28. The largest absolute Gasteiger partial charge is 0.393 e. The van der Waals surface area contributed by atoms with Crippen molar-refractivity contribution < 1.29 is 9.90 Å². The van der Waals surface area contributed by atoms with Crippen LogP contribution in [0.1, 0.15) is 19.3 Å². The number of nitrogens with zero attached hydrogens (tertiary/aromatic N) is 1. The van der Waals surface area contributed by atoms with E-state index < -0.39 is 0 Å². The normalized spacial score (nSPS) is 26.7. The smallest absolute Gasteiger partial charge is 0.223 e. The second-order valence-electron chi connectivity index (χ2n) is 3.80. The highest BCUT2D eigenvalue weighted by Crippen LogP contribution is 2.27. The van der Waals surface area contributed by atoms with Crippen LogP contribution in [-0.4, -0.2) is 42.2 Å². The summed E-state index contributed by atoms with van der Waals surface area (Å²) in [5, 5.41) is 9.05. The number of hydrogen-bond donors (Lipinski definition) is 2. The molecule has 4 heteroatoms. The van der Waals surface area contributed by atoms with Gasteiger partial charge >= 0.3 is 0 Å². The summed E-state index contributed by atoms with van der Waals surface area (Å²) in [7, 11) is 1.79. The van der Waals surface area contributed by atoms with Crippen LogP contribution in [0.4, 0.5) is 0 Å². The number of hydrogen-bond acceptors (Lipinski definition) is 3. The second-order valence-corrected chi connectivity index (χ2v) is 3.80. The molecule has 1 aliphatic rings. The molecule has 0 aromatic heterocycles. The van der Waals surface area contributed by atoms with Crippen molar-refractivity contribution >= 4 is 5.91 Å². The summed E-state index contributed by atoms with van der Waals surface area (Å²) in [5.41, 5.74) is 5.28. The van der Waals surface area contributed by atoms with Crippen LogP contribution in [0.15, 0.2) is 0 Å². The lowest BCUT2D eigenvalue weighted by Crippen LogP contribution is -2.39. The zero-order chi connectivity index (χ0) is 9.84. The van der Waals surface area contributed by atoms with Crippen molar-refractivity contribution in [3.05, 3.63) is 0 Å². The number of aliphatic hydroxyl groups is 1. The van der Waals surface area contributed by atoms with E-state index in [1.807, 2.05) is 0 Å². The van der Waals surface area contributed by atoms with Gasteiger partial charge in [0.2, 0.25) is 5.91 Å². The molecule has 0 heterocycles. The van der Waals surface area contributed by atoms with Crippen molar-refractivity contribution in [1.29, 1.82) is 0 Å². The van der Waals surface area contributed by atoms with Crippen molar-refractivity contribution in [1.82, 2.24) is 4.90 Å². The fraction of sp³-hybridized carbons (Fsp3) is 0.889. The Morgan fingerprint density at radius 2 is 2.23 bits per heavy atom. The molecule has 0 aromatic carbocycles. The molecular formula is C9H18N2O2. The summed E-state index contributed by atoms with van der Waals surface area (Å²) in [6.45, 7) is 1.17. The highest BCUT2D eigenvalue weighted by molar-refractivity contribution is 5.76. The van der Waals surface area contributed by atoms with Gasteiger partial charge in [0, 0.05) is 26.6 Å². The van der Waals surface area contributed by atoms with E-state index in [1.165, 1.54) is 0 Å². The molecule has 0 atom stereocenters. The Bertz CT molecular complexity index is 178. The molecular weight excluding hydrogens is 168 g/mol. The molecule has 4 nitrogen and oxygen atoms in total. The third-order valence-electron chi connectivity index (χ3n) is 2.53. The van der Waals surface area contributed by atoms with Crippen molar-refractivity contribution in [2.24, 2.45) is 11.7 Å². The van der Waals surface area contributed by atoms with Gasteiger partial charge in [-0.3, -0.25) is 4.79 Å². The molecule has 1 amide bonds. The van der Waals surface area contributed by atoms with Gasteiger partial charge in [-0.15, -0.1) is 0 Å². The SMILES string of the molecule is CN(CC1CC(O)C1)C(=O)CCN. The first-order valence-electron chi connectivity index (χ1n) is 4.75. The van der Waals surface area contributed by atoms with Gasteiger partial charge in [0.15, 0.2) is 0 Å². The van der Waals surface area contributed by atoms with Crippen molar-refractivity contribution in [3.63, 3.8) is 0 Å². The summed E-state index contributed by atoms with van der Waals surface area (Å²) in [6.07, 6.45) is 1.95. The molecule has 0 saturated heterocycles. The Kier molecular flexibility index (Phi) is 3.69. The van der Waals surface area contributed by atoms with Gasteiger partial charge in [-0.2, -0.15) is 0 Å². The van der Waals surface area contributed by atoms with Crippen LogP contribution in [0, 0.1) is 5.92 Å². The van der Waals surface area contributed by atoms with Gasteiger partial charge in [-0.05, 0) is 18.8 Å². The summed E-state index contributed by atoms with van der Waals surface area (Å²) < 4.78 is 0. The Morgan fingerprint density at radius 3 is 2.69 bits per heavy atom. The predicted octanol–water partition coefficient (Wildman–Crippen LogP) is -0.435. The van der Waals surface area contributed by atoms with Gasteiger partial charge in [0.25, 0.3) is 0 Å². The van der Waals surface area contributed by atoms with Gasteiger partial charge in [-0.1, -0.05) is 0 Å². The van der Waals surface area contributed by atoms with E-state index in [0.29, 0.717) is 18.9 Å². The van der Waals surface area contributed by atoms with Crippen LogP contribution >= 0.6 is 0 Å². The Hall–Kier alpha value is -0.610. The van der Waals surface area contributed by atoms with E-state index in [-0.39, 0.29) is 12.0 Å². The highest BCUT2D eigenvalue weighted by atomic mass is 16.3. The van der Waals surface area contributed by atoms with Crippen molar-refractivity contribution in [2.45, 2.75) is 25.4 Å². The van der Waals surface area contributed by atoms with E-state index in [0.717, 1.165) is 19.4 Å². The summed E-state index contributed by atoms with van der Waals surface area (Å²) in [6, 6.07) is 0. The van der Waals surface area contributed by atoms with E-state index in [4.69, 9.17) is 10.8 Å². The lowest BCUT2D eigenvalue weighted by atomic mass is 9.82. The first-order chi connectivity index (χ1) is 6.13. The zero-order valence-electron chi connectivity index (χ0n) is 8.07. The minimum absolute atomic E-state index is 0.101. The molecule has 3 N–H and O–H groups in total. The van der Waals surface area contributed by atoms with E-state index >= 15 is 0 Å². The topological polar surface area (TPSA) is 66.6 Å². The van der Waals surface area contributed by atoms with Crippen molar-refractivity contribution in [3.8, 4) is 0 Å². The number of nitrogens with two attached hydrogens (primary N) is 1. The molecule has 13 heavy (non-hydrogen) atoms. The molecule has 1 fully saturated rings. The number of aliphatic hydroxyl groups excluding tert-OH is 1. The average Bonchev–Trinajstić information content (AvgIpc) is 2.02. The number of rotatable bonds is 4. The van der Waals surface area contributed by atoms with E-state index in [2.05, 4.69) is 0 Å². The Morgan fingerprint density at radius 1 is 1.62 bits per heavy atom. The fourth-order valence-corrected chi connectivity index (χ4v) is 1.65. The molecule has 0 radical (unpaired) electrons. The van der Waals surface area contributed by atoms with Crippen LogP contribution in [0.25, 0.3) is 0 Å². The molecule has 76 valence electrons. The maximum atomic E-state index is 11.3. The molecule has 1 aliphatic carbocycles. The van der Waals surface area contributed by atoms with Gasteiger partial charge < -0.3 is 15.7 Å². The molecule has 1 saturated carbocycles. The van der Waals surface area contributed by atoms with Crippen LogP contribution in [0.5, 0.6) is 0 Å². The van der Waals surface area contributed by atoms with E-state index in [1.54, 1.807) is 11.9 Å². The standard InChI is InChI=1S/C9H18N2O2/c1-11(9(13)2-3-10)6-7-4-8(12)5-7/h7-8,12H,2-6,10H2,1H3. The molecule has 0 unspecified atom stereocenters. The molecule has 0 aliphatic heterocycles. The van der Waals surface area contributed by atoms with Crippen LogP contribution in [-0.2, 0) is 4.79 Å². The van der Waals surface area contributed by atoms with E-state index in [9.17, 15) is 4.79 Å². The maximum Gasteiger partial charge on any atom is 0.223 e. The maximum absolute atomic E-state index is 11.3. The number of carbonyl (C=O) groups excluding carboxylic acids is 1. The third kappa shape index (κ3) is 2.97. The number of carbonyl (C=O) groups is 1. The monoisotopic (exact) mass is 186 g/mol. The van der Waals surface area contributed by atoms with Crippen molar-refractivity contribution in [2.75, 3.05) is 20.1 Å². The van der Waals surface area contributed by atoms with Gasteiger partial charge in [0.05, 0.1) is 6.10 Å². The van der Waals surface area contributed by atoms with Gasteiger partial charge in [0.1, 0.15) is 0 Å². The zero-order valence-corrected chi connectivity index (χ0v) is 8.07. The lowest BCUT2D eigenvalue weighted by molar-refractivity contribution is -0.131. The summed E-state index contributed by atoms with van der Waals surface area (Å²) >= 11 is 0. The average molecular weight is 186 g/mol. The minimum atomic E-state index is -0.136. The van der Waals surface area contributed by atoms with Crippen LogP contribution in [0.2, 0.25) is 0 Å². The molecule has 0 aromatic rings. The fourth-order valence-electron chi connectivity index (χ4n) is 1.65. The predicted molar refractivity (Wildman–Crippen MR) is 50.0 cm³/mol. The van der Waals surface area contributed by atoms with Crippen LogP contribution < -0.4 is 5.73 Å². The molecule has 0 bridgehead atoms. The Labute approximate surface area is 78.7 Å². The first kappa shape index (κ1) is 10.5. The molecule has 1 rings (SSSR count). The lowest BCUT2D eigenvalue weighted by Gasteiger charge is -2.34. The third-order valence-corrected chi connectivity index (χ3v) is 2.53. The minimum Gasteiger partial charge on any atom is -0.393 e. The quantitative estimate of drug-likeness (QED) is 0.625. The molecule has 0 spiro atoms. The second kappa shape index (κ2) is 4.58. The first-order valence-corrected chi connectivity index (χ1v) is 4.75. The summed E-state index contributed by atoms with van der Waals surface area (Å²) in [4.78, 5) is 13.0. The number of amides is 1. The Balaban J connectivity index is 2.17. The summed E-state index contributed by atoms with van der Waals surface area (Å²) in [5.74, 6) is 0.589. The van der Waals surface area contributed by atoms with Crippen LogP contribution in [0.3, 0.4) is 0 Å².